The molecule has 2 aromatic rings. The Morgan fingerprint density at radius 2 is 2.26 bits per heavy atom. The molecule has 1 aromatic heterocycles. The van der Waals surface area contributed by atoms with E-state index in [4.69, 9.17) is 0 Å². The first kappa shape index (κ1) is 12.6. The van der Waals surface area contributed by atoms with Gasteiger partial charge in [0.1, 0.15) is 5.82 Å². The Morgan fingerprint density at radius 3 is 3.05 bits per heavy atom. The standard InChI is InChI=1S/C13H11FN2OS2/c14-9-5-4-7(18)6-8(9)12(17)16-13-15-10-2-1-3-11(10)19-13/h4-6,18H,1-3H2,(H,15,16,17). The van der Waals surface area contributed by atoms with Crippen molar-refractivity contribution in [3.63, 3.8) is 0 Å². The van der Waals surface area contributed by atoms with Crippen LogP contribution in [0.5, 0.6) is 0 Å². The van der Waals surface area contributed by atoms with Gasteiger partial charge in [0.05, 0.1) is 11.3 Å². The zero-order valence-corrected chi connectivity index (χ0v) is 11.7. The Balaban J connectivity index is 1.82. The Hall–Kier alpha value is -1.40. The molecule has 0 atom stereocenters. The highest BCUT2D eigenvalue weighted by Crippen LogP contribution is 2.30. The van der Waals surface area contributed by atoms with Crippen LogP contribution in [0.3, 0.4) is 0 Å². The van der Waals surface area contributed by atoms with Gasteiger partial charge in [0, 0.05) is 9.77 Å². The van der Waals surface area contributed by atoms with Crippen molar-refractivity contribution in [1.82, 2.24) is 4.98 Å². The van der Waals surface area contributed by atoms with Crippen molar-refractivity contribution in [2.45, 2.75) is 24.2 Å². The molecule has 19 heavy (non-hydrogen) atoms. The predicted octanol–water partition coefficient (Wildman–Crippen LogP) is 3.31. The number of thiazole rings is 1. The summed E-state index contributed by atoms with van der Waals surface area (Å²) in [5.41, 5.74) is 1.05. The van der Waals surface area contributed by atoms with E-state index >= 15 is 0 Å². The Morgan fingerprint density at radius 1 is 1.42 bits per heavy atom. The van der Waals surface area contributed by atoms with Crippen LogP contribution in [-0.2, 0) is 12.8 Å². The summed E-state index contributed by atoms with van der Waals surface area (Å²) >= 11 is 5.58. The number of rotatable bonds is 2. The molecule has 0 saturated heterocycles. The second kappa shape index (κ2) is 4.94. The number of aromatic nitrogens is 1. The Bertz CT molecular complexity index is 633. The van der Waals surface area contributed by atoms with Gasteiger partial charge in [-0.1, -0.05) is 0 Å². The van der Waals surface area contributed by atoms with E-state index in [2.05, 4.69) is 22.9 Å². The summed E-state index contributed by atoms with van der Waals surface area (Å²) in [6.07, 6.45) is 3.10. The van der Waals surface area contributed by atoms with E-state index in [-0.39, 0.29) is 5.56 Å². The third kappa shape index (κ3) is 2.50. The molecule has 1 N–H and O–H groups in total. The molecule has 0 bridgehead atoms. The molecular weight excluding hydrogens is 283 g/mol. The van der Waals surface area contributed by atoms with Gasteiger partial charge in [0.15, 0.2) is 5.13 Å². The SMILES string of the molecule is O=C(Nc1nc2c(s1)CCC2)c1cc(S)ccc1F. The zero-order valence-electron chi connectivity index (χ0n) is 9.94. The molecule has 3 rings (SSSR count). The van der Waals surface area contributed by atoms with Gasteiger partial charge in [0.25, 0.3) is 5.91 Å². The lowest BCUT2D eigenvalue weighted by Gasteiger charge is -2.04. The van der Waals surface area contributed by atoms with Gasteiger partial charge in [0.2, 0.25) is 0 Å². The topological polar surface area (TPSA) is 42.0 Å². The van der Waals surface area contributed by atoms with Gasteiger partial charge in [-0.25, -0.2) is 9.37 Å². The molecule has 0 fully saturated rings. The lowest BCUT2D eigenvalue weighted by molar-refractivity contribution is 0.102. The number of nitrogens with zero attached hydrogens (tertiary/aromatic N) is 1. The normalized spacial score (nSPS) is 13.4. The highest BCUT2D eigenvalue weighted by Gasteiger charge is 2.19. The van der Waals surface area contributed by atoms with Gasteiger partial charge in [-0.15, -0.1) is 24.0 Å². The number of thiol groups is 1. The summed E-state index contributed by atoms with van der Waals surface area (Å²) in [7, 11) is 0. The lowest BCUT2D eigenvalue weighted by atomic mass is 10.2. The van der Waals surface area contributed by atoms with E-state index in [1.165, 1.54) is 34.4 Å². The van der Waals surface area contributed by atoms with E-state index in [1.54, 1.807) is 0 Å². The molecule has 1 aromatic carbocycles. The summed E-state index contributed by atoms with van der Waals surface area (Å²) in [6, 6.07) is 4.15. The number of carbonyl (C=O) groups excluding carboxylic acids is 1. The molecule has 0 unspecified atom stereocenters. The first-order valence-electron chi connectivity index (χ1n) is 5.92. The largest absolute Gasteiger partial charge is 0.298 e. The third-order valence-electron chi connectivity index (χ3n) is 3.01. The van der Waals surface area contributed by atoms with Crippen molar-refractivity contribution < 1.29 is 9.18 Å². The summed E-state index contributed by atoms with van der Waals surface area (Å²) in [6.45, 7) is 0. The maximum atomic E-state index is 13.6. The fourth-order valence-corrected chi connectivity index (χ4v) is 3.34. The minimum atomic E-state index is -0.556. The first-order chi connectivity index (χ1) is 9.13. The van der Waals surface area contributed by atoms with Gasteiger partial charge in [-0.05, 0) is 37.5 Å². The molecule has 1 heterocycles. The number of hydrogen-bond donors (Lipinski definition) is 2. The summed E-state index contributed by atoms with van der Waals surface area (Å²) in [4.78, 5) is 18.1. The molecule has 6 heteroatoms. The average molecular weight is 294 g/mol. The van der Waals surface area contributed by atoms with Crippen LogP contribution in [0.4, 0.5) is 9.52 Å². The molecule has 1 aliphatic rings. The average Bonchev–Trinajstić information content (AvgIpc) is 2.92. The Kier molecular flexibility index (Phi) is 3.28. The molecule has 1 aliphatic carbocycles. The van der Waals surface area contributed by atoms with Crippen molar-refractivity contribution in [1.29, 1.82) is 0 Å². The zero-order chi connectivity index (χ0) is 13.4. The lowest BCUT2D eigenvalue weighted by Crippen LogP contribution is -2.13. The van der Waals surface area contributed by atoms with E-state index in [9.17, 15) is 9.18 Å². The number of carbonyl (C=O) groups is 1. The van der Waals surface area contributed by atoms with E-state index in [0.717, 1.165) is 25.0 Å². The van der Waals surface area contributed by atoms with Crippen molar-refractivity contribution in [2.24, 2.45) is 0 Å². The van der Waals surface area contributed by atoms with E-state index in [0.29, 0.717) is 10.0 Å². The first-order valence-corrected chi connectivity index (χ1v) is 7.18. The molecule has 3 nitrogen and oxygen atoms in total. The van der Waals surface area contributed by atoms with E-state index in [1.807, 2.05) is 0 Å². The maximum Gasteiger partial charge on any atom is 0.260 e. The number of halogens is 1. The number of benzene rings is 1. The van der Waals surface area contributed by atoms with Gasteiger partial charge in [-0.2, -0.15) is 0 Å². The van der Waals surface area contributed by atoms with Gasteiger partial charge in [-0.3, -0.25) is 10.1 Å². The summed E-state index contributed by atoms with van der Waals surface area (Å²) in [5.74, 6) is -1.04. The van der Waals surface area contributed by atoms with Gasteiger partial charge >= 0.3 is 0 Å². The number of anilines is 1. The second-order valence-corrected chi connectivity index (χ2v) is 5.96. The quantitative estimate of drug-likeness (QED) is 0.834. The van der Waals surface area contributed by atoms with Crippen LogP contribution in [0.25, 0.3) is 0 Å². The number of amides is 1. The van der Waals surface area contributed by atoms with E-state index < -0.39 is 11.7 Å². The minimum absolute atomic E-state index is 0.0112. The van der Waals surface area contributed by atoms with Crippen LogP contribution in [0.2, 0.25) is 0 Å². The second-order valence-electron chi connectivity index (χ2n) is 4.36. The fourth-order valence-electron chi connectivity index (χ4n) is 2.10. The van der Waals surface area contributed by atoms with Gasteiger partial charge < -0.3 is 0 Å². The Labute approximate surface area is 119 Å². The number of hydrogen-bond acceptors (Lipinski definition) is 4. The van der Waals surface area contributed by atoms with Crippen LogP contribution in [0.1, 0.15) is 27.3 Å². The smallest absolute Gasteiger partial charge is 0.260 e. The van der Waals surface area contributed by atoms with Crippen LogP contribution < -0.4 is 5.32 Å². The predicted molar refractivity (Wildman–Crippen MR) is 75.7 cm³/mol. The summed E-state index contributed by atoms with van der Waals surface area (Å²) in [5, 5.41) is 3.19. The number of nitrogens with one attached hydrogen (secondary N) is 1. The van der Waals surface area contributed by atoms with Crippen LogP contribution in [0, 0.1) is 5.82 Å². The molecule has 1 amide bonds. The van der Waals surface area contributed by atoms with Crippen LogP contribution in [-0.4, -0.2) is 10.9 Å². The molecule has 0 saturated carbocycles. The molecule has 0 radical (unpaired) electrons. The van der Waals surface area contributed by atoms with Crippen molar-refractivity contribution in [3.05, 3.63) is 40.2 Å². The highest BCUT2D eigenvalue weighted by molar-refractivity contribution is 7.80. The minimum Gasteiger partial charge on any atom is -0.298 e. The summed E-state index contributed by atoms with van der Waals surface area (Å²) < 4.78 is 13.6. The fraction of sp³-hybridized carbons (Fsp3) is 0.231. The van der Waals surface area contributed by atoms with Crippen molar-refractivity contribution in [2.75, 3.05) is 5.32 Å². The van der Waals surface area contributed by atoms with Crippen LogP contribution in [0.15, 0.2) is 23.1 Å². The third-order valence-corrected chi connectivity index (χ3v) is 4.36. The monoisotopic (exact) mass is 294 g/mol. The maximum absolute atomic E-state index is 13.6. The van der Waals surface area contributed by atoms with Crippen molar-refractivity contribution >= 4 is 35.0 Å². The number of fused-ring (bicyclic) bond motifs is 1. The molecular formula is C13H11FN2OS2. The highest BCUT2D eigenvalue weighted by atomic mass is 32.1. The number of aryl methyl sites for hydroxylation is 2. The molecule has 0 spiro atoms. The molecule has 0 aliphatic heterocycles. The van der Waals surface area contributed by atoms with Crippen LogP contribution >= 0.6 is 24.0 Å². The molecule has 98 valence electrons. The van der Waals surface area contributed by atoms with Crippen molar-refractivity contribution in [3.8, 4) is 0 Å².